The van der Waals surface area contributed by atoms with Crippen LogP contribution in [0.25, 0.3) is 10.9 Å². The lowest BCUT2D eigenvalue weighted by atomic mass is 10.3. The Kier molecular flexibility index (Phi) is 3.72. The fourth-order valence-corrected chi connectivity index (χ4v) is 1.07. The highest BCUT2D eigenvalue weighted by atomic mass is 79.9. The van der Waals surface area contributed by atoms with Crippen molar-refractivity contribution in [2.75, 3.05) is 0 Å². The fourth-order valence-electron chi connectivity index (χ4n) is 0.751. The molecule has 0 radical (unpaired) electrons. The van der Waals surface area contributed by atoms with Crippen molar-refractivity contribution in [1.82, 2.24) is 0 Å². The summed E-state index contributed by atoms with van der Waals surface area (Å²) in [6.45, 7) is 6.62. The number of allylic oxidation sites excluding steroid dienone is 3. The van der Waals surface area contributed by atoms with Gasteiger partial charge < -0.3 is 4.42 Å². The van der Waals surface area contributed by atoms with Crippen LogP contribution in [0.3, 0.4) is 0 Å². The highest BCUT2D eigenvalue weighted by molar-refractivity contribution is 9.10. The van der Waals surface area contributed by atoms with Crippen LogP contribution in [0.15, 0.2) is 39.1 Å². The van der Waals surface area contributed by atoms with Crippen molar-refractivity contribution in [3.8, 4) is 6.07 Å². The summed E-state index contributed by atoms with van der Waals surface area (Å²) in [7, 11) is 0. The van der Waals surface area contributed by atoms with E-state index in [9.17, 15) is 0 Å². The number of hydrogen-bond acceptors (Lipinski definition) is 2. The quantitative estimate of drug-likeness (QED) is 0.458. The van der Waals surface area contributed by atoms with Gasteiger partial charge in [-0.3, -0.25) is 0 Å². The molecule has 0 saturated carbocycles. The molecule has 0 amide bonds. The van der Waals surface area contributed by atoms with Crippen molar-refractivity contribution in [3.05, 3.63) is 51.8 Å². The minimum Gasteiger partial charge on any atom is -0.450 e. The second-order valence-corrected chi connectivity index (χ2v) is 3.06. The van der Waals surface area contributed by atoms with Crippen LogP contribution in [-0.2, 0) is 0 Å². The van der Waals surface area contributed by atoms with Gasteiger partial charge in [-0.05, 0) is 40.2 Å². The summed E-state index contributed by atoms with van der Waals surface area (Å²) >= 11 is 3.16. The molecule has 68 valence electrons. The smallest absolute Gasteiger partial charge is 0.261 e. The maximum atomic E-state index is 8.43. The monoisotopic (exact) mass is 248 g/mol. The molecule has 0 fully saturated rings. The van der Waals surface area contributed by atoms with Crippen LogP contribution in [0.4, 0.5) is 0 Å². The molecule has 1 aromatic heterocycles. The fraction of sp³-hybridized carbons (Fsp3) is 0. The maximum Gasteiger partial charge on any atom is 0.261 e. The second kappa shape index (κ2) is 5.06. The van der Waals surface area contributed by atoms with Gasteiger partial charge in [-0.25, -0.2) is 10.1 Å². The van der Waals surface area contributed by atoms with Crippen molar-refractivity contribution in [3.63, 3.8) is 0 Å². The summed E-state index contributed by atoms with van der Waals surface area (Å²) < 4.78 is 5.82. The van der Waals surface area contributed by atoms with E-state index in [1.807, 2.05) is 0 Å². The summed E-state index contributed by atoms with van der Waals surface area (Å²) in [5.74, 6) is 0.662. The van der Waals surface area contributed by atoms with Crippen LogP contribution < -0.4 is 0 Å². The van der Waals surface area contributed by atoms with Crippen LogP contribution in [0.1, 0.15) is 5.76 Å². The topological polar surface area (TPSA) is 41.3 Å². The highest BCUT2D eigenvalue weighted by Crippen LogP contribution is 2.15. The molecule has 0 aromatic carbocycles. The number of nitrogens with zero attached hydrogens (tertiary/aromatic N) is 2. The van der Waals surface area contributed by atoms with Gasteiger partial charge in [0.25, 0.3) is 5.70 Å². The zero-order valence-corrected chi connectivity index (χ0v) is 8.65. The Hall–Kier alpha value is -1.78. The average molecular weight is 249 g/mol. The van der Waals surface area contributed by atoms with Gasteiger partial charge in [-0.1, -0.05) is 6.08 Å². The van der Waals surface area contributed by atoms with E-state index < -0.39 is 0 Å². The normalized spacial score (nSPS) is 11.2. The van der Waals surface area contributed by atoms with Gasteiger partial charge in [0.1, 0.15) is 5.76 Å². The molecule has 0 spiro atoms. The molecule has 0 saturated heterocycles. The molecule has 0 aliphatic rings. The summed E-state index contributed by atoms with van der Waals surface area (Å²) in [5, 5.41) is 8.43. The average Bonchev–Trinajstić information content (AvgIpc) is 2.59. The Morgan fingerprint density at radius 1 is 1.64 bits per heavy atom. The third-order valence-electron chi connectivity index (χ3n) is 1.34. The number of halogens is 1. The van der Waals surface area contributed by atoms with Gasteiger partial charge in [0, 0.05) is 0 Å². The largest absolute Gasteiger partial charge is 0.450 e. The second-order valence-electron chi connectivity index (χ2n) is 2.28. The van der Waals surface area contributed by atoms with Crippen LogP contribution in [0.2, 0.25) is 0 Å². The molecule has 0 N–H and O–H groups in total. The van der Waals surface area contributed by atoms with Gasteiger partial charge in [0.2, 0.25) is 0 Å². The van der Waals surface area contributed by atoms with Gasteiger partial charge in [0.15, 0.2) is 4.67 Å². The lowest BCUT2D eigenvalue weighted by Gasteiger charge is -1.81. The number of hydrogen-bond donors (Lipinski definition) is 0. The zero-order chi connectivity index (χ0) is 10.4. The molecule has 3 nitrogen and oxygen atoms in total. The molecule has 1 heterocycles. The van der Waals surface area contributed by atoms with Gasteiger partial charge in [0.05, 0.1) is 12.6 Å². The Morgan fingerprint density at radius 2 is 2.43 bits per heavy atom. The first-order chi connectivity index (χ1) is 6.76. The molecule has 4 heteroatoms. The lowest BCUT2D eigenvalue weighted by molar-refractivity contribution is 0.531. The Balaban J connectivity index is 2.72. The maximum absolute atomic E-state index is 8.43. The molecule has 14 heavy (non-hydrogen) atoms. The minimum absolute atomic E-state index is 0.0480. The van der Waals surface area contributed by atoms with Crippen LogP contribution >= 0.6 is 15.9 Å². The van der Waals surface area contributed by atoms with Crippen molar-refractivity contribution >= 4 is 22.0 Å². The molecule has 0 unspecified atom stereocenters. The summed E-state index contributed by atoms with van der Waals surface area (Å²) in [4.78, 5) is 3.00. The molecule has 0 aliphatic heterocycles. The molecule has 0 bridgehead atoms. The zero-order valence-electron chi connectivity index (χ0n) is 7.07. The number of rotatable bonds is 2. The summed E-state index contributed by atoms with van der Waals surface area (Å²) in [6.07, 6.45) is 4.71. The molecule has 0 atom stereocenters. The Morgan fingerprint density at radius 3 is 2.93 bits per heavy atom. The lowest BCUT2D eigenvalue weighted by Crippen LogP contribution is -1.64. The molecular weight excluding hydrogens is 244 g/mol. The first-order valence-corrected chi connectivity index (χ1v) is 4.47. The van der Waals surface area contributed by atoms with E-state index in [2.05, 4.69) is 20.8 Å². The Bertz CT molecular complexity index is 441. The first kappa shape index (κ1) is 10.3. The number of furan rings is 1. The minimum atomic E-state index is 0.0480. The van der Waals surface area contributed by atoms with E-state index in [0.29, 0.717) is 10.4 Å². The van der Waals surface area contributed by atoms with E-state index >= 15 is 0 Å². The van der Waals surface area contributed by atoms with Crippen molar-refractivity contribution in [2.45, 2.75) is 0 Å². The third kappa shape index (κ3) is 2.93. The molecule has 1 aromatic rings. The Labute approximate surface area is 89.9 Å². The van der Waals surface area contributed by atoms with Crippen molar-refractivity contribution in [1.29, 1.82) is 5.26 Å². The van der Waals surface area contributed by atoms with Crippen LogP contribution in [0.5, 0.6) is 0 Å². The highest BCUT2D eigenvalue weighted by Gasteiger charge is 1.93. The van der Waals surface area contributed by atoms with E-state index in [1.54, 1.807) is 30.4 Å². The summed E-state index contributed by atoms with van der Waals surface area (Å²) in [6, 6.07) is 5.30. The van der Waals surface area contributed by atoms with E-state index in [0.717, 1.165) is 0 Å². The van der Waals surface area contributed by atoms with Gasteiger partial charge in [-0.2, -0.15) is 0 Å². The first-order valence-electron chi connectivity index (χ1n) is 3.67. The van der Waals surface area contributed by atoms with Gasteiger partial charge >= 0.3 is 0 Å². The molecule has 1 rings (SSSR count). The third-order valence-corrected chi connectivity index (χ3v) is 1.77. The van der Waals surface area contributed by atoms with Crippen molar-refractivity contribution < 1.29 is 4.42 Å². The SMILES string of the molecule is [C-]#[N+]/C(C#N)=C\C=C\c1ccc(Br)o1. The standard InChI is InChI=1S/C10H5BrN2O/c1-13-8(7-12)3-2-4-9-5-6-10(11)14-9/h2-6H/b4-2+,8-3-. The predicted molar refractivity (Wildman–Crippen MR) is 55.7 cm³/mol. The molecular formula is C10H5BrN2O. The van der Waals surface area contributed by atoms with E-state index in [-0.39, 0.29) is 5.70 Å². The number of nitriles is 1. The predicted octanol–water partition coefficient (Wildman–Crippen LogP) is 3.38. The molecule has 0 aliphatic carbocycles. The van der Waals surface area contributed by atoms with E-state index in [1.165, 1.54) is 6.08 Å². The van der Waals surface area contributed by atoms with Crippen LogP contribution in [-0.4, -0.2) is 0 Å². The van der Waals surface area contributed by atoms with Crippen molar-refractivity contribution in [2.24, 2.45) is 0 Å². The summed E-state index contributed by atoms with van der Waals surface area (Å²) in [5.41, 5.74) is 0.0480. The van der Waals surface area contributed by atoms with E-state index in [4.69, 9.17) is 16.3 Å². The van der Waals surface area contributed by atoms with Crippen LogP contribution in [0, 0.1) is 17.9 Å². The van der Waals surface area contributed by atoms with Gasteiger partial charge in [-0.15, -0.1) is 0 Å².